The standard InChI is InChI=1S/C17H11Cl2F7S/c1-8-6-9(2)13(14-10(18)4-3-5-11(14)19)12(7-8)27-17(25,26)15(20,21)16(22,23)24/h3-7H,1-2H3. The van der Waals surface area contributed by atoms with Crippen LogP contribution in [0.2, 0.25) is 10.0 Å². The van der Waals surface area contributed by atoms with Crippen LogP contribution in [0.15, 0.2) is 35.2 Å². The summed E-state index contributed by atoms with van der Waals surface area (Å²) in [7, 11) is 0. The molecule has 10 heteroatoms. The minimum Gasteiger partial charge on any atom is -0.188 e. The predicted molar refractivity (Wildman–Crippen MR) is 93.2 cm³/mol. The zero-order valence-corrected chi connectivity index (χ0v) is 16.0. The molecule has 0 aliphatic rings. The molecule has 0 nitrogen and oxygen atoms in total. The normalized spacial score (nSPS) is 13.1. The largest absolute Gasteiger partial charge is 0.460 e. The molecule has 0 atom stereocenters. The van der Waals surface area contributed by atoms with Gasteiger partial charge in [0.15, 0.2) is 0 Å². The molecule has 0 aliphatic carbocycles. The molecule has 0 spiro atoms. The molecular formula is C17H11Cl2F7S. The van der Waals surface area contributed by atoms with Crippen molar-refractivity contribution in [1.82, 2.24) is 0 Å². The second-order valence-electron chi connectivity index (χ2n) is 5.74. The Kier molecular flexibility index (Phi) is 6.05. The molecule has 0 saturated carbocycles. The Balaban J connectivity index is 2.69. The molecule has 27 heavy (non-hydrogen) atoms. The number of alkyl halides is 7. The van der Waals surface area contributed by atoms with Crippen molar-refractivity contribution in [2.24, 2.45) is 0 Å². The Morgan fingerprint density at radius 2 is 1.33 bits per heavy atom. The average molecular weight is 451 g/mol. The Bertz CT molecular complexity index is 843. The first kappa shape index (κ1) is 22.2. The summed E-state index contributed by atoms with van der Waals surface area (Å²) in [5.74, 6) is -6.23. The fourth-order valence-electron chi connectivity index (χ4n) is 2.43. The van der Waals surface area contributed by atoms with Gasteiger partial charge >= 0.3 is 17.4 Å². The van der Waals surface area contributed by atoms with Crippen molar-refractivity contribution in [3.05, 3.63) is 51.5 Å². The first-order chi connectivity index (χ1) is 12.2. The van der Waals surface area contributed by atoms with E-state index in [1.807, 2.05) is 0 Å². The van der Waals surface area contributed by atoms with Crippen molar-refractivity contribution >= 4 is 35.0 Å². The number of rotatable bonds is 4. The number of aryl methyl sites for hydroxylation is 2. The van der Waals surface area contributed by atoms with Crippen LogP contribution in [0.4, 0.5) is 30.7 Å². The first-order valence-electron chi connectivity index (χ1n) is 7.26. The van der Waals surface area contributed by atoms with Gasteiger partial charge in [0.05, 0.1) is 0 Å². The number of hydrogen-bond acceptors (Lipinski definition) is 1. The summed E-state index contributed by atoms with van der Waals surface area (Å²) in [4.78, 5) is -0.489. The lowest BCUT2D eigenvalue weighted by atomic mass is 9.98. The lowest BCUT2D eigenvalue weighted by Crippen LogP contribution is -2.49. The lowest BCUT2D eigenvalue weighted by molar-refractivity contribution is -0.330. The summed E-state index contributed by atoms with van der Waals surface area (Å²) in [5, 5.41) is -5.36. The van der Waals surface area contributed by atoms with Gasteiger partial charge in [0, 0.05) is 26.1 Å². The Morgan fingerprint density at radius 1 is 0.815 bits per heavy atom. The molecule has 148 valence electrons. The van der Waals surface area contributed by atoms with Gasteiger partial charge in [-0.15, -0.1) is 0 Å². The fraction of sp³-hybridized carbons (Fsp3) is 0.294. The molecule has 2 rings (SSSR count). The van der Waals surface area contributed by atoms with Gasteiger partial charge in [-0.2, -0.15) is 30.7 Å². The van der Waals surface area contributed by atoms with E-state index in [1.165, 1.54) is 32.0 Å². The van der Waals surface area contributed by atoms with E-state index in [0.29, 0.717) is 11.1 Å². The molecule has 2 aromatic carbocycles. The lowest BCUT2D eigenvalue weighted by Gasteiger charge is -2.28. The first-order valence-corrected chi connectivity index (χ1v) is 8.83. The van der Waals surface area contributed by atoms with E-state index in [9.17, 15) is 30.7 Å². The van der Waals surface area contributed by atoms with Gasteiger partial charge in [-0.05, 0) is 54.9 Å². The molecule has 0 radical (unpaired) electrons. The zero-order chi connectivity index (χ0) is 20.8. The third kappa shape index (κ3) is 4.17. The van der Waals surface area contributed by atoms with Crippen LogP contribution < -0.4 is 0 Å². The highest BCUT2D eigenvalue weighted by Crippen LogP contribution is 2.56. The topological polar surface area (TPSA) is 0 Å². The van der Waals surface area contributed by atoms with Gasteiger partial charge in [0.2, 0.25) is 0 Å². The van der Waals surface area contributed by atoms with Gasteiger partial charge in [0.1, 0.15) is 0 Å². The van der Waals surface area contributed by atoms with Crippen LogP contribution in [0.25, 0.3) is 11.1 Å². The molecule has 0 heterocycles. The molecule has 0 N–H and O–H groups in total. The number of benzene rings is 2. The number of hydrogen-bond donors (Lipinski definition) is 0. The molecule has 0 amide bonds. The van der Waals surface area contributed by atoms with Crippen LogP contribution in [-0.2, 0) is 0 Å². The van der Waals surface area contributed by atoms with Crippen molar-refractivity contribution < 1.29 is 30.7 Å². The second-order valence-corrected chi connectivity index (χ2v) is 7.71. The minimum atomic E-state index is -6.41. The highest BCUT2D eigenvalue weighted by Gasteiger charge is 2.73. The minimum absolute atomic E-state index is 0.0288. The van der Waals surface area contributed by atoms with Gasteiger partial charge in [-0.1, -0.05) is 35.3 Å². The monoisotopic (exact) mass is 450 g/mol. The SMILES string of the molecule is Cc1cc(C)c(-c2c(Cl)cccc2Cl)c(SC(F)(F)C(F)(F)C(F)(F)F)c1. The summed E-state index contributed by atoms with van der Waals surface area (Å²) >= 11 is 11.3. The van der Waals surface area contributed by atoms with Crippen LogP contribution in [-0.4, -0.2) is 17.4 Å². The van der Waals surface area contributed by atoms with Crippen molar-refractivity contribution in [3.63, 3.8) is 0 Å². The maximum atomic E-state index is 14.0. The van der Waals surface area contributed by atoms with E-state index >= 15 is 0 Å². The average Bonchev–Trinajstić information content (AvgIpc) is 2.47. The number of halogens is 9. The van der Waals surface area contributed by atoms with Gasteiger partial charge in [0.25, 0.3) is 0 Å². The molecule has 0 bridgehead atoms. The Morgan fingerprint density at radius 3 is 1.81 bits per heavy atom. The van der Waals surface area contributed by atoms with E-state index in [0.717, 1.165) is 6.07 Å². The second kappa shape index (κ2) is 7.37. The maximum absolute atomic E-state index is 14.0. The van der Waals surface area contributed by atoms with Gasteiger partial charge < -0.3 is 0 Å². The molecular weight excluding hydrogens is 440 g/mol. The van der Waals surface area contributed by atoms with Crippen molar-refractivity contribution in [1.29, 1.82) is 0 Å². The molecule has 0 aliphatic heterocycles. The Hall–Kier alpha value is -1.12. The van der Waals surface area contributed by atoms with E-state index in [2.05, 4.69) is 0 Å². The third-order valence-corrected chi connectivity index (χ3v) is 5.30. The fourth-order valence-corrected chi connectivity index (χ4v) is 4.15. The van der Waals surface area contributed by atoms with E-state index < -0.39 is 34.0 Å². The van der Waals surface area contributed by atoms with Crippen LogP contribution >= 0.6 is 35.0 Å². The van der Waals surface area contributed by atoms with Crippen molar-refractivity contribution in [3.8, 4) is 11.1 Å². The zero-order valence-electron chi connectivity index (χ0n) is 13.7. The van der Waals surface area contributed by atoms with E-state index in [4.69, 9.17) is 23.2 Å². The molecule has 0 saturated heterocycles. The van der Waals surface area contributed by atoms with Crippen LogP contribution in [0.3, 0.4) is 0 Å². The summed E-state index contributed by atoms with van der Waals surface area (Å²) < 4.78 is 92.0. The molecule has 0 unspecified atom stereocenters. The Labute approximate surface area is 164 Å². The van der Waals surface area contributed by atoms with Gasteiger partial charge in [-0.25, -0.2) is 0 Å². The van der Waals surface area contributed by atoms with Crippen LogP contribution in [0.5, 0.6) is 0 Å². The smallest absolute Gasteiger partial charge is 0.188 e. The van der Waals surface area contributed by atoms with Crippen molar-refractivity contribution in [2.75, 3.05) is 0 Å². The summed E-state index contributed by atoms with van der Waals surface area (Å²) in [6, 6.07) is 6.93. The van der Waals surface area contributed by atoms with E-state index in [-0.39, 0.29) is 21.2 Å². The van der Waals surface area contributed by atoms with Crippen LogP contribution in [0.1, 0.15) is 11.1 Å². The van der Waals surface area contributed by atoms with Crippen LogP contribution in [0, 0.1) is 13.8 Å². The summed E-state index contributed by atoms with van der Waals surface area (Å²) in [5.41, 5.74) is 0.789. The predicted octanol–water partition coefficient (Wildman–Crippen LogP) is 8.16. The highest BCUT2D eigenvalue weighted by molar-refractivity contribution is 8.00. The highest BCUT2D eigenvalue weighted by atomic mass is 35.5. The summed E-state index contributed by atoms with van der Waals surface area (Å²) in [6.45, 7) is 2.99. The quantitative estimate of drug-likeness (QED) is 0.334. The molecule has 0 aromatic heterocycles. The maximum Gasteiger partial charge on any atom is 0.460 e. The van der Waals surface area contributed by atoms with Crippen molar-refractivity contribution in [2.45, 2.75) is 36.1 Å². The van der Waals surface area contributed by atoms with Gasteiger partial charge in [-0.3, -0.25) is 0 Å². The molecule has 0 fully saturated rings. The summed E-state index contributed by atoms with van der Waals surface area (Å²) in [6.07, 6.45) is -6.41. The number of thioether (sulfide) groups is 1. The molecule has 2 aromatic rings. The van der Waals surface area contributed by atoms with E-state index in [1.54, 1.807) is 6.07 Å². The third-order valence-electron chi connectivity index (χ3n) is 3.62.